The largest absolute Gasteiger partial charge is 0.379 e. The van der Waals surface area contributed by atoms with Crippen molar-refractivity contribution in [3.8, 4) is 11.3 Å². The molecule has 3 rings (SSSR count). The highest BCUT2D eigenvalue weighted by molar-refractivity contribution is 7.15. The molecule has 2 aromatic rings. The molecule has 1 fully saturated rings. The minimum absolute atomic E-state index is 0.642. The van der Waals surface area contributed by atoms with E-state index in [1.165, 1.54) is 4.88 Å². The quantitative estimate of drug-likeness (QED) is 0.916. The average molecular weight is 304 g/mol. The van der Waals surface area contributed by atoms with Crippen LogP contribution < -0.4 is 5.73 Å². The van der Waals surface area contributed by atoms with Crippen molar-refractivity contribution in [2.45, 2.75) is 12.8 Å². The summed E-state index contributed by atoms with van der Waals surface area (Å²) in [6.45, 7) is 4.91. The second-order valence-electron chi connectivity index (χ2n) is 5.12. The number of pyridine rings is 1. The summed E-state index contributed by atoms with van der Waals surface area (Å²) in [5.74, 6) is 0. The van der Waals surface area contributed by atoms with Crippen molar-refractivity contribution in [3.05, 3.63) is 29.4 Å². The van der Waals surface area contributed by atoms with Crippen LogP contribution in [0.3, 0.4) is 0 Å². The number of nitrogen functional groups attached to an aromatic ring is 1. The van der Waals surface area contributed by atoms with Gasteiger partial charge in [0.1, 0.15) is 0 Å². The molecular formula is C15H20N4OS. The summed E-state index contributed by atoms with van der Waals surface area (Å²) < 4.78 is 5.37. The molecular weight excluding hydrogens is 284 g/mol. The fourth-order valence-corrected chi connectivity index (χ4v) is 3.46. The first kappa shape index (κ1) is 14.4. The van der Waals surface area contributed by atoms with Gasteiger partial charge in [-0.3, -0.25) is 9.88 Å². The maximum Gasteiger partial charge on any atom is 0.180 e. The number of nitrogens with zero attached hydrogens (tertiary/aromatic N) is 3. The zero-order chi connectivity index (χ0) is 14.5. The van der Waals surface area contributed by atoms with E-state index in [0.29, 0.717) is 5.13 Å². The van der Waals surface area contributed by atoms with Gasteiger partial charge in [0, 0.05) is 35.9 Å². The normalized spacial score (nSPS) is 16.2. The Bertz CT molecular complexity index is 566. The lowest BCUT2D eigenvalue weighted by Crippen LogP contribution is -2.36. The molecule has 0 radical (unpaired) electrons. The van der Waals surface area contributed by atoms with E-state index in [2.05, 4.69) is 14.9 Å². The molecule has 0 aromatic carbocycles. The Hall–Kier alpha value is -1.50. The molecule has 21 heavy (non-hydrogen) atoms. The Labute approximate surface area is 128 Å². The maximum atomic E-state index is 5.90. The molecule has 2 N–H and O–H groups in total. The van der Waals surface area contributed by atoms with Crippen molar-refractivity contribution in [1.82, 2.24) is 14.9 Å². The molecule has 0 atom stereocenters. The number of aryl methyl sites for hydroxylation is 1. The van der Waals surface area contributed by atoms with E-state index in [9.17, 15) is 0 Å². The van der Waals surface area contributed by atoms with Crippen molar-refractivity contribution >= 4 is 16.5 Å². The molecule has 5 nitrogen and oxygen atoms in total. The number of aromatic nitrogens is 2. The average Bonchev–Trinajstić information content (AvgIpc) is 2.90. The number of anilines is 1. The minimum Gasteiger partial charge on any atom is -0.379 e. The number of rotatable bonds is 5. The van der Waals surface area contributed by atoms with Gasteiger partial charge in [0.2, 0.25) is 0 Å². The van der Waals surface area contributed by atoms with Gasteiger partial charge >= 0.3 is 0 Å². The van der Waals surface area contributed by atoms with Crippen LogP contribution in [0.1, 0.15) is 11.3 Å². The maximum absolute atomic E-state index is 5.90. The molecule has 2 aromatic heterocycles. The Morgan fingerprint density at radius 2 is 2.00 bits per heavy atom. The summed E-state index contributed by atoms with van der Waals surface area (Å²) >= 11 is 1.60. The van der Waals surface area contributed by atoms with Gasteiger partial charge in [-0.2, -0.15) is 0 Å². The molecule has 6 heteroatoms. The van der Waals surface area contributed by atoms with Crippen molar-refractivity contribution in [1.29, 1.82) is 0 Å². The standard InChI is InChI=1S/C15H20N4OS/c16-15-18-14(12-3-5-17-6-4-12)13(21-15)2-1-7-19-8-10-20-11-9-19/h3-6H,1-2,7-11H2,(H2,16,18). The predicted molar refractivity (Wildman–Crippen MR) is 85.3 cm³/mol. The number of ether oxygens (including phenoxy) is 1. The summed E-state index contributed by atoms with van der Waals surface area (Å²) in [5.41, 5.74) is 8.01. The van der Waals surface area contributed by atoms with Gasteiger partial charge in [-0.25, -0.2) is 4.98 Å². The lowest BCUT2D eigenvalue weighted by atomic mass is 10.1. The Morgan fingerprint density at radius 1 is 1.24 bits per heavy atom. The van der Waals surface area contributed by atoms with Crippen molar-refractivity contribution in [3.63, 3.8) is 0 Å². The van der Waals surface area contributed by atoms with Gasteiger partial charge in [-0.15, -0.1) is 11.3 Å². The number of hydrogen-bond donors (Lipinski definition) is 1. The molecule has 0 bridgehead atoms. The van der Waals surface area contributed by atoms with Crippen molar-refractivity contribution < 1.29 is 4.74 Å². The smallest absolute Gasteiger partial charge is 0.180 e. The summed E-state index contributed by atoms with van der Waals surface area (Å²) in [4.78, 5) is 12.3. The van der Waals surface area contributed by atoms with E-state index in [1.807, 2.05) is 12.1 Å². The summed E-state index contributed by atoms with van der Waals surface area (Å²) in [6, 6.07) is 3.97. The van der Waals surface area contributed by atoms with Gasteiger partial charge in [-0.05, 0) is 31.5 Å². The number of nitrogens with two attached hydrogens (primary N) is 1. The molecule has 1 aliphatic rings. The van der Waals surface area contributed by atoms with Crippen LogP contribution in [0.4, 0.5) is 5.13 Å². The van der Waals surface area contributed by atoms with Gasteiger partial charge < -0.3 is 10.5 Å². The zero-order valence-electron chi connectivity index (χ0n) is 12.0. The van der Waals surface area contributed by atoms with Crippen LogP contribution in [0.2, 0.25) is 0 Å². The highest BCUT2D eigenvalue weighted by Gasteiger charge is 2.13. The molecule has 1 aliphatic heterocycles. The topological polar surface area (TPSA) is 64.3 Å². The first-order valence-electron chi connectivity index (χ1n) is 7.28. The third-order valence-corrected chi connectivity index (χ3v) is 4.59. The van der Waals surface area contributed by atoms with Crippen molar-refractivity contribution in [2.24, 2.45) is 0 Å². The van der Waals surface area contributed by atoms with E-state index < -0.39 is 0 Å². The molecule has 0 unspecified atom stereocenters. The molecule has 112 valence electrons. The van der Waals surface area contributed by atoms with E-state index in [4.69, 9.17) is 10.5 Å². The SMILES string of the molecule is Nc1nc(-c2ccncc2)c(CCCN2CCOCC2)s1. The fourth-order valence-electron chi connectivity index (χ4n) is 2.56. The van der Waals surface area contributed by atoms with Gasteiger partial charge in [0.25, 0.3) is 0 Å². The van der Waals surface area contributed by atoms with Crippen LogP contribution in [0.25, 0.3) is 11.3 Å². The van der Waals surface area contributed by atoms with E-state index in [1.54, 1.807) is 23.7 Å². The third kappa shape index (κ3) is 3.78. The second-order valence-corrected chi connectivity index (χ2v) is 6.23. The Balaban J connectivity index is 1.62. The highest BCUT2D eigenvalue weighted by atomic mass is 32.1. The molecule has 1 saturated heterocycles. The lowest BCUT2D eigenvalue weighted by Gasteiger charge is -2.26. The Morgan fingerprint density at radius 3 is 2.76 bits per heavy atom. The predicted octanol–water partition coefficient (Wildman–Crippen LogP) is 2.05. The van der Waals surface area contributed by atoms with Crippen molar-refractivity contribution in [2.75, 3.05) is 38.6 Å². The van der Waals surface area contributed by atoms with E-state index >= 15 is 0 Å². The minimum atomic E-state index is 0.642. The molecule has 0 spiro atoms. The summed E-state index contributed by atoms with van der Waals surface area (Å²) in [7, 11) is 0. The Kier molecular flexibility index (Phi) is 4.80. The highest BCUT2D eigenvalue weighted by Crippen LogP contribution is 2.30. The van der Waals surface area contributed by atoms with Gasteiger partial charge in [0.15, 0.2) is 5.13 Å². The first-order valence-corrected chi connectivity index (χ1v) is 8.10. The second kappa shape index (κ2) is 6.98. The summed E-state index contributed by atoms with van der Waals surface area (Å²) in [5, 5.41) is 0.642. The molecule has 0 amide bonds. The number of hydrogen-bond acceptors (Lipinski definition) is 6. The third-order valence-electron chi connectivity index (χ3n) is 3.65. The van der Waals surface area contributed by atoms with Crippen LogP contribution in [-0.2, 0) is 11.2 Å². The van der Waals surface area contributed by atoms with Crippen LogP contribution >= 0.6 is 11.3 Å². The fraction of sp³-hybridized carbons (Fsp3) is 0.467. The van der Waals surface area contributed by atoms with E-state index in [-0.39, 0.29) is 0 Å². The molecule has 0 aliphatic carbocycles. The van der Waals surface area contributed by atoms with Gasteiger partial charge in [-0.1, -0.05) is 0 Å². The number of morpholine rings is 1. The monoisotopic (exact) mass is 304 g/mol. The van der Waals surface area contributed by atoms with E-state index in [0.717, 1.165) is 56.9 Å². The van der Waals surface area contributed by atoms with Crippen LogP contribution in [0.5, 0.6) is 0 Å². The lowest BCUT2D eigenvalue weighted by molar-refractivity contribution is 0.0375. The van der Waals surface area contributed by atoms with Crippen LogP contribution in [0.15, 0.2) is 24.5 Å². The van der Waals surface area contributed by atoms with Gasteiger partial charge in [0.05, 0.1) is 18.9 Å². The molecule has 0 saturated carbocycles. The number of thiazole rings is 1. The zero-order valence-corrected chi connectivity index (χ0v) is 12.8. The first-order chi connectivity index (χ1) is 10.3. The molecule has 3 heterocycles. The summed E-state index contributed by atoms with van der Waals surface area (Å²) in [6.07, 6.45) is 5.73. The van der Waals surface area contributed by atoms with Crippen LogP contribution in [-0.4, -0.2) is 47.7 Å². The van der Waals surface area contributed by atoms with Crippen LogP contribution in [0, 0.1) is 0 Å².